The van der Waals surface area contributed by atoms with Gasteiger partial charge >= 0.3 is 0 Å². The van der Waals surface area contributed by atoms with Crippen LogP contribution in [0.2, 0.25) is 0 Å². The van der Waals surface area contributed by atoms with Gasteiger partial charge in [-0.3, -0.25) is 0 Å². The summed E-state index contributed by atoms with van der Waals surface area (Å²) in [7, 11) is 0. The van der Waals surface area contributed by atoms with E-state index in [0.29, 0.717) is 6.42 Å². The smallest absolute Gasteiger partial charge is 0.253 e. The first kappa shape index (κ1) is 7.92. The van der Waals surface area contributed by atoms with E-state index in [1.807, 2.05) is 6.92 Å². The van der Waals surface area contributed by atoms with Gasteiger partial charge in [0.2, 0.25) is 0 Å². The zero-order valence-corrected chi connectivity index (χ0v) is 6.11. The second-order valence-electron chi connectivity index (χ2n) is 2.94. The van der Waals surface area contributed by atoms with E-state index in [4.69, 9.17) is 0 Å². The fraction of sp³-hybridized carbons (Fsp3) is 1.00. The van der Waals surface area contributed by atoms with E-state index in [0.717, 1.165) is 12.8 Å². The molecule has 1 aliphatic heterocycles. The normalized spacial score (nSPS) is 34.8. The van der Waals surface area contributed by atoms with Gasteiger partial charge in [0.25, 0.3) is 6.43 Å². The maximum atomic E-state index is 12.0. The van der Waals surface area contributed by atoms with Crippen LogP contribution in [-0.2, 0) is 0 Å². The molecule has 1 fully saturated rings. The third kappa shape index (κ3) is 1.90. The van der Waals surface area contributed by atoms with E-state index in [-0.39, 0.29) is 6.04 Å². The van der Waals surface area contributed by atoms with Gasteiger partial charge in [0.1, 0.15) is 0 Å². The number of alkyl halides is 2. The lowest BCUT2D eigenvalue weighted by atomic mass is 10.0. The molecule has 1 saturated heterocycles. The lowest BCUT2D eigenvalue weighted by Crippen LogP contribution is -2.44. The number of piperidine rings is 1. The van der Waals surface area contributed by atoms with E-state index >= 15 is 0 Å². The molecule has 10 heavy (non-hydrogen) atoms. The van der Waals surface area contributed by atoms with Gasteiger partial charge in [0.05, 0.1) is 6.04 Å². The predicted molar refractivity (Wildman–Crippen MR) is 36.2 cm³/mol. The Morgan fingerprint density at radius 1 is 1.40 bits per heavy atom. The monoisotopic (exact) mass is 149 g/mol. The van der Waals surface area contributed by atoms with Crippen LogP contribution in [0.5, 0.6) is 0 Å². The largest absolute Gasteiger partial charge is 0.306 e. The number of hydrogen-bond donors (Lipinski definition) is 1. The third-order valence-corrected chi connectivity index (χ3v) is 1.96. The van der Waals surface area contributed by atoms with Crippen molar-refractivity contribution >= 4 is 0 Å². The second-order valence-corrected chi connectivity index (χ2v) is 2.94. The predicted octanol–water partition coefficient (Wildman–Crippen LogP) is 1.78. The molecule has 0 radical (unpaired) electrons. The summed E-state index contributed by atoms with van der Waals surface area (Å²) in [6.07, 6.45) is 0.400. The number of nitrogens with one attached hydrogen (secondary N) is 1. The first-order valence-electron chi connectivity index (χ1n) is 3.74. The van der Waals surface area contributed by atoms with Gasteiger partial charge in [-0.2, -0.15) is 0 Å². The minimum atomic E-state index is -2.19. The van der Waals surface area contributed by atoms with Gasteiger partial charge in [-0.1, -0.05) is 6.42 Å². The van der Waals surface area contributed by atoms with Crippen LogP contribution < -0.4 is 5.32 Å². The van der Waals surface area contributed by atoms with Crippen molar-refractivity contribution in [1.82, 2.24) is 5.32 Å². The summed E-state index contributed by atoms with van der Waals surface area (Å²) < 4.78 is 24.1. The van der Waals surface area contributed by atoms with E-state index < -0.39 is 12.5 Å². The van der Waals surface area contributed by atoms with Crippen LogP contribution in [0.4, 0.5) is 8.78 Å². The van der Waals surface area contributed by atoms with E-state index in [9.17, 15) is 8.78 Å². The Hall–Kier alpha value is -0.180. The van der Waals surface area contributed by atoms with Gasteiger partial charge in [-0.25, -0.2) is 8.78 Å². The quantitative estimate of drug-likeness (QED) is 0.599. The van der Waals surface area contributed by atoms with Crippen molar-refractivity contribution < 1.29 is 8.78 Å². The summed E-state index contributed by atoms with van der Waals surface area (Å²) in [5, 5.41) is 2.87. The molecule has 0 bridgehead atoms. The third-order valence-electron chi connectivity index (χ3n) is 1.96. The number of rotatable bonds is 1. The first-order valence-corrected chi connectivity index (χ1v) is 3.74. The topological polar surface area (TPSA) is 12.0 Å². The molecule has 1 aliphatic rings. The lowest BCUT2D eigenvalue weighted by Gasteiger charge is -2.27. The molecule has 1 rings (SSSR count). The molecule has 0 aromatic rings. The maximum Gasteiger partial charge on any atom is 0.253 e. The highest BCUT2D eigenvalue weighted by atomic mass is 19.3. The summed E-state index contributed by atoms with van der Waals surface area (Å²) in [5.74, 6) is 0. The minimum absolute atomic E-state index is 0.271. The highest BCUT2D eigenvalue weighted by molar-refractivity contribution is 4.78. The molecule has 0 aromatic heterocycles. The average Bonchev–Trinajstić information content (AvgIpc) is 1.88. The average molecular weight is 149 g/mol. The number of hydrogen-bond acceptors (Lipinski definition) is 1. The van der Waals surface area contributed by atoms with Crippen LogP contribution in [0.3, 0.4) is 0 Å². The zero-order chi connectivity index (χ0) is 7.56. The van der Waals surface area contributed by atoms with Crippen molar-refractivity contribution in [3.05, 3.63) is 0 Å². The Morgan fingerprint density at radius 2 is 2.10 bits per heavy atom. The van der Waals surface area contributed by atoms with Crippen molar-refractivity contribution in [3.8, 4) is 0 Å². The molecule has 0 unspecified atom stereocenters. The summed E-state index contributed by atoms with van der Waals surface area (Å²) in [6, 6.07) is -0.281. The molecule has 1 heterocycles. The summed E-state index contributed by atoms with van der Waals surface area (Å²) in [6.45, 7) is 1.95. The van der Waals surface area contributed by atoms with Crippen LogP contribution in [0.15, 0.2) is 0 Å². The summed E-state index contributed by atoms with van der Waals surface area (Å²) in [4.78, 5) is 0. The standard InChI is InChI=1S/C7H13F2N/c1-5-3-2-4-6(10-5)7(8)9/h5-7,10H,2-4H2,1H3/t5-,6-/m1/s1. The molecule has 2 atom stereocenters. The first-order chi connectivity index (χ1) is 4.70. The van der Waals surface area contributed by atoms with E-state index in [2.05, 4.69) is 5.32 Å². The van der Waals surface area contributed by atoms with Crippen molar-refractivity contribution in [2.24, 2.45) is 0 Å². The Morgan fingerprint density at radius 3 is 2.50 bits per heavy atom. The van der Waals surface area contributed by atoms with Crippen molar-refractivity contribution in [2.75, 3.05) is 0 Å². The lowest BCUT2D eigenvalue weighted by molar-refractivity contribution is 0.0762. The molecule has 1 N–H and O–H groups in total. The molecule has 0 aromatic carbocycles. The van der Waals surface area contributed by atoms with Crippen LogP contribution in [-0.4, -0.2) is 18.5 Å². The second kappa shape index (κ2) is 3.28. The van der Waals surface area contributed by atoms with Gasteiger partial charge < -0.3 is 5.32 Å². The zero-order valence-electron chi connectivity index (χ0n) is 6.11. The Labute approximate surface area is 59.8 Å². The highest BCUT2D eigenvalue weighted by Gasteiger charge is 2.24. The Kier molecular flexibility index (Phi) is 2.60. The number of halogens is 2. The molecule has 0 spiro atoms. The molecule has 1 nitrogen and oxygen atoms in total. The highest BCUT2D eigenvalue weighted by Crippen LogP contribution is 2.16. The Bertz CT molecular complexity index is 106. The van der Waals surface area contributed by atoms with Crippen LogP contribution in [0, 0.1) is 0 Å². The molecule has 0 aliphatic carbocycles. The van der Waals surface area contributed by atoms with Crippen molar-refractivity contribution in [2.45, 2.75) is 44.7 Å². The van der Waals surface area contributed by atoms with Gasteiger partial charge in [0, 0.05) is 6.04 Å². The van der Waals surface area contributed by atoms with Gasteiger partial charge in [0.15, 0.2) is 0 Å². The van der Waals surface area contributed by atoms with Crippen molar-refractivity contribution in [1.29, 1.82) is 0 Å². The molecule has 0 amide bonds. The van der Waals surface area contributed by atoms with E-state index in [1.165, 1.54) is 0 Å². The minimum Gasteiger partial charge on any atom is -0.306 e. The maximum absolute atomic E-state index is 12.0. The molecular weight excluding hydrogens is 136 g/mol. The van der Waals surface area contributed by atoms with Crippen molar-refractivity contribution in [3.63, 3.8) is 0 Å². The van der Waals surface area contributed by atoms with Gasteiger partial charge in [-0.05, 0) is 19.8 Å². The molecule has 0 saturated carbocycles. The molecular formula is C7H13F2N. The Balaban J connectivity index is 2.32. The summed E-state index contributed by atoms with van der Waals surface area (Å²) in [5.41, 5.74) is 0. The SMILES string of the molecule is C[C@@H]1CCC[C@H](C(F)F)N1. The molecule has 3 heteroatoms. The van der Waals surface area contributed by atoms with Crippen LogP contribution in [0.25, 0.3) is 0 Å². The fourth-order valence-electron chi connectivity index (χ4n) is 1.37. The molecule has 60 valence electrons. The van der Waals surface area contributed by atoms with E-state index in [1.54, 1.807) is 0 Å². The fourth-order valence-corrected chi connectivity index (χ4v) is 1.37. The summed E-state index contributed by atoms with van der Waals surface area (Å²) >= 11 is 0. The van der Waals surface area contributed by atoms with Crippen LogP contribution in [0.1, 0.15) is 26.2 Å². The van der Waals surface area contributed by atoms with Gasteiger partial charge in [-0.15, -0.1) is 0 Å². The van der Waals surface area contributed by atoms with Crippen LogP contribution >= 0.6 is 0 Å².